The van der Waals surface area contributed by atoms with E-state index in [1.54, 1.807) is 0 Å². The maximum atomic E-state index is 12.6. The van der Waals surface area contributed by atoms with E-state index < -0.39 is 0 Å². The van der Waals surface area contributed by atoms with Crippen molar-refractivity contribution in [1.82, 2.24) is 9.88 Å². The van der Waals surface area contributed by atoms with Crippen molar-refractivity contribution in [2.45, 2.75) is 19.8 Å². The van der Waals surface area contributed by atoms with Crippen molar-refractivity contribution in [3.63, 3.8) is 0 Å². The van der Waals surface area contributed by atoms with Crippen LogP contribution in [0.1, 0.15) is 24.0 Å². The molecule has 1 aliphatic rings. The molecule has 0 radical (unpaired) electrons. The number of aryl methyl sites for hydroxylation is 1. The number of piperidine rings is 1. The topological polar surface area (TPSA) is 45.2 Å². The van der Waals surface area contributed by atoms with Gasteiger partial charge in [-0.3, -0.25) is 4.79 Å². The Morgan fingerprint density at radius 2 is 1.93 bits per heavy atom. The number of nitrogens with zero attached hydrogens (tertiary/aromatic N) is 2. The molecule has 1 fully saturated rings. The molecular formula is C25H27N3O. The van der Waals surface area contributed by atoms with Crippen LogP contribution >= 0.6 is 0 Å². The third-order valence-electron chi connectivity index (χ3n) is 5.87. The highest BCUT2D eigenvalue weighted by molar-refractivity contribution is 5.95. The second-order valence-corrected chi connectivity index (χ2v) is 7.98. The van der Waals surface area contributed by atoms with Gasteiger partial charge in [0.1, 0.15) is 5.82 Å². The van der Waals surface area contributed by atoms with E-state index in [9.17, 15) is 4.79 Å². The lowest BCUT2D eigenvalue weighted by atomic mass is 9.96. The van der Waals surface area contributed by atoms with Gasteiger partial charge in [0, 0.05) is 17.5 Å². The molecule has 1 saturated heterocycles. The Balaban J connectivity index is 1.56. The van der Waals surface area contributed by atoms with Crippen molar-refractivity contribution < 1.29 is 4.79 Å². The number of pyridine rings is 1. The van der Waals surface area contributed by atoms with Crippen LogP contribution in [0.5, 0.6) is 0 Å². The molecular weight excluding hydrogens is 358 g/mol. The van der Waals surface area contributed by atoms with Gasteiger partial charge in [0.2, 0.25) is 5.91 Å². The number of aromatic nitrogens is 1. The van der Waals surface area contributed by atoms with Gasteiger partial charge in [-0.25, -0.2) is 4.98 Å². The molecule has 4 rings (SSSR count). The summed E-state index contributed by atoms with van der Waals surface area (Å²) >= 11 is 0. The molecule has 2 aromatic carbocycles. The third kappa shape index (κ3) is 4.22. The summed E-state index contributed by atoms with van der Waals surface area (Å²) in [4.78, 5) is 19.3. The Labute approximate surface area is 172 Å². The molecule has 0 bridgehead atoms. The Morgan fingerprint density at radius 1 is 1.14 bits per heavy atom. The van der Waals surface area contributed by atoms with Gasteiger partial charge in [-0.1, -0.05) is 36.9 Å². The molecule has 0 aliphatic carbocycles. The van der Waals surface area contributed by atoms with Crippen LogP contribution in [-0.4, -0.2) is 35.9 Å². The van der Waals surface area contributed by atoms with Crippen LogP contribution in [0.15, 0.2) is 55.2 Å². The fourth-order valence-corrected chi connectivity index (χ4v) is 3.95. The largest absolute Gasteiger partial charge is 0.310 e. The first-order valence-electron chi connectivity index (χ1n) is 10.2. The Hall–Kier alpha value is -2.98. The molecule has 148 valence electrons. The van der Waals surface area contributed by atoms with E-state index in [4.69, 9.17) is 0 Å². The number of carbonyl (C=O) groups excluding carboxylic acids is 1. The van der Waals surface area contributed by atoms with Crippen molar-refractivity contribution in [2.24, 2.45) is 5.92 Å². The van der Waals surface area contributed by atoms with Gasteiger partial charge in [-0.2, -0.15) is 0 Å². The summed E-state index contributed by atoms with van der Waals surface area (Å²) in [6.07, 6.45) is 5.52. The number of likely N-dealkylation sites (tertiary alicyclic amines) is 1. The van der Waals surface area contributed by atoms with Crippen molar-refractivity contribution in [2.75, 3.05) is 25.5 Å². The highest BCUT2D eigenvalue weighted by atomic mass is 16.1. The third-order valence-corrected chi connectivity index (χ3v) is 5.87. The van der Waals surface area contributed by atoms with Crippen molar-refractivity contribution in [3.8, 4) is 11.1 Å². The summed E-state index contributed by atoms with van der Waals surface area (Å²) in [5.74, 6) is 0.781. The summed E-state index contributed by atoms with van der Waals surface area (Å²) in [5.41, 5.74) is 4.69. The van der Waals surface area contributed by atoms with Gasteiger partial charge in [-0.05, 0) is 85.7 Å². The molecule has 1 amide bonds. The Morgan fingerprint density at radius 3 is 2.69 bits per heavy atom. The van der Waals surface area contributed by atoms with Gasteiger partial charge in [-0.15, -0.1) is 0 Å². The molecule has 29 heavy (non-hydrogen) atoms. The SMILES string of the molecule is C=Cc1ccc(C)c(-c2ccc3cc(NC(=O)C4CCN(C)CC4)ncc3c2)c1. The second kappa shape index (κ2) is 8.18. The monoisotopic (exact) mass is 385 g/mol. The fraction of sp³-hybridized carbons (Fsp3) is 0.280. The first-order chi connectivity index (χ1) is 14.0. The number of fused-ring (bicyclic) bond motifs is 1. The maximum absolute atomic E-state index is 12.6. The molecule has 1 N–H and O–H groups in total. The lowest BCUT2D eigenvalue weighted by Crippen LogP contribution is -2.36. The number of hydrogen-bond donors (Lipinski definition) is 1. The van der Waals surface area contributed by atoms with E-state index in [1.807, 2.05) is 18.3 Å². The first kappa shape index (κ1) is 19.3. The predicted octanol–water partition coefficient (Wildman–Crippen LogP) is 5.13. The lowest BCUT2D eigenvalue weighted by molar-refractivity contribution is -0.121. The number of amides is 1. The highest BCUT2D eigenvalue weighted by Gasteiger charge is 2.23. The first-order valence-corrected chi connectivity index (χ1v) is 10.2. The average Bonchev–Trinajstić information content (AvgIpc) is 2.74. The van der Waals surface area contributed by atoms with Gasteiger partial charge in [0.15, 0.2) is 0 Å². The molecule has 4 nitrogen and oxygen atoms in total. The number of hydrogen-bond acceptors (Lipinski definition) is 3. The summed E-state index contributed by atoms with van der Waals surface area (Å²) in [6, 6.07) is 14.7. The van der Waals surface area contributed by atoms with Crippen LogP contribution in [0.25, 0.3) is 28.0 Å². The summed E-state index contributed by atoms with van der Waals surface area (Å²) in [7, 11) is 2.10. The van der Waals surface area contributed by atoms with Crippen LogP contribution in [0.3, 0.4) is 0 Å². The molecule has 1 aliphatic heterocycles. The van der Waals surface area contributed by atoms with E-state index in [2.05, 4.69) is 72.1 Å². The van der Waals surface area contributed by atoms with Crippen molar-refractivity contribution in [1.29, 1.82) is 0 Å². The van der Waals surface area contributed by atoms with Gasteiger partial charge in [0.25, 0.3) is 0 Å². The second-order valence-electron chi connectivity index (χ2n) is 7.98. The van der Waals surface area contributed by atoms with Crippen LogP contribution in [0.4, 0.5) is 5.82 Å². The minimum atomic E-state index is 0.0752. The van der Waals surface area contributed by atoms with Crippen LogP contribution in [0, 0.1) is 12.8 Å². The minimum Gasteiger partial charge on any atom is -0.310 e. The molecule has 0 spiro atoms. The fourth-order valence-electron chi connectivity index (χ4n) is 3.95. The molecule has 4 heteroatoms. The molecule has 0 atom stereocenters. The van der Waals surface area contributed by atoms with E-state index in [0.29, 0.717) is 5.82 Å². The van der Waals surface area contributed by atoms with Crippen LogP contribution < -0.4 is 5.32 Å². The summed E-state index contributed by atoms with van der Waals surface area (Å²) in [5, 5.41) is 5.14. The number of carbonyl (C=O) groups is 1. The van der Waals surface area contributed by atoms with Crippen LogP contribution in [-0.2, 0) is 4.79 Å². The highest BCUT2D eigenvalue weighted by Crippen LogP contribution is 2.29. The molecule has 0 unspecified atom stereocenters. The Kier molecular flexibility index (Phi) is 5.45. The molecule has 1 aromatic heterocycles. The summed E-state index contributed by atoms with van der Waals surface area (Å²) < 4.78 is 0. The van der Waals surface area contributed by atoms with Crippen molar-refractivity contribution in [3.05, 3.63) is 66.4 Å². The lowest BCUT2D eigenvalue weighted by Gasteiger charge is -2.27. The number of nitrogens with one attached hydrogen (secondary N) is 1. The van der Waals surface area contributed by atoms with E-state index in [1.165, 1.54) is 11.1 Å². The zero-order chi connectivity index (χ0) is 20.4. The standard InChI is InChI=1S/C25H27N3O/c1-4-18-6-5-17(2)23(13-18)21-8-7-20-15-24(26-16-22(20)14-21)27-25(29)19-9-11-28(3)12-10-19/h4-8,13-16,19H,1,9-12H2,2-3H3,(H,26,27,29). The molecule has 0 saturated carbocycles. The van der Waals surface area contributed by atoms with Gasteiger partial charge in [0.05, 0.1) is 0 Å². The van der Waals surface area contributed by atoms with E-state index >= 15 is 0 Å². The average molecular weight is 386 g/mol. The smallest absolute Gasteiger partial charge is 0.228 e. The van der Waals surface area contributed by atoms with Crippen LogP contribution in [0.2, 0.25) is 0 Å². The van der Waals surface area contributed by atoms with Gasteiger partial charge >= 0.3 is 0 Å². The molecule has 3 aromatic rings. The number of rotatable bonds is 4. The van der Waals surface area contributed by atoms with E-state index in [-0.39, 0.29) is 11.8 Å². The Bertz CT molecular complexity index is 1060. The van der Waals surface area contributed by atoms with Crippen molar-refractivity contribution >= 4 is 28.6 Å². The maximum Gasteiger partial charge on any atom is 0.228 e. The quantitative estimate of drug-likeness (QED) is 0.677. The minimum absolute atomic E-state index is 0.0752. The van der Waals surface area contributed by atoms with E-state index in [0.717, 1.165) is 47.8 Å². The predicted molar refractivity (Wildman–Crippen MR) is 121 cm³/mol. The molecule has 2 heterocycles. The zero-order valence-electron chi connectivity index (χ0n) is 17.1. The zero-order valence-corrected chi connectivity index (χ0v) is 17.1. The number of benzene rings is 2. The van der Waals surface area contributed by atoms with Gasteiger partial charge < -0.3 is 10.2 Å². The normalized spacial score (nSPS) is 15.4. The summed E-state index contributed by atoms with van der Waals surface area (Å²) in [6.45, 7) is 7.93. The number of anilines is 1.